The molecule has 0 unspecified atom stereocenters. The van der Waals surface area contributed by atoms with Gasteiger partial charge in [-0.25, -0.2) is 0 Å². The minimum absolute atomic E-state index is 0.101. The van der Waals surface area contributed by atoms with E-state index in [9.17, 15) is 9.59 Å². The summed E-state index contributed by atoms with van der Waals surface area (Å²) in [6.45, 7) is 3.85. The number of furan rings is 1. The maximum Gasteiger partial charge on any atom is 0.257 e. The average molecular weight is 246 g/mol. The molecule has 2 N–H and O–H groups in total. The highest BCUT2D eigenvalue weighted by Gasteiger charge is 2.10. The van der Waals surface area contributed by atoms with Gasteiger partial charge in [-0.3, -0.25) is 9.59 Å². The first-order chi connectivity index (χ1) is 8.56. The molecule has 2 aromatic heterocycles. The lowest BCUT2D eigenvalue weighted by molar-refractivity contribution is 0.0946. The zero-order valence-corrected chi connectivity index (χ0v) is 10.2. The van der Waals surface area contributed by atoms with Crippen molar-refractivity contribution in [1.29, 1.82) is 0 Å². The number of pyridine rings is 1. The SMILES string of the molecule is Cc1cc(=O)c(C(=O)NCc2ccc(C)o2)c[nH]1. The molecular weight excluding hydrogens is 232 g/mol. The largest absolute Gasteiger partial charge is 0.465 e. The van der Waals surface area contributed by atoms with Crippen LogP contribution in [0.5, 0.6) is 0 Å². The van der Waals surface area contributed by atoms with E-state index in [1.54, 1.807) is 13.0 Å². The first-order valence-corrected chi connectivity index (χ1v) is 5.59. The number of carbonyl (C=O) groups is 1. The lowest BCUT2D eigenvalue weighted by Crippen LogP contribution is -2.28. The van der Waals surface area contributed by atoms with Crippen LogP contribution >= 0.6 is 0 Å². The molecule has 1 amide bonds. The van der Waals surface area contributed by atoms with Crippen LogP contribution in [0.1, 0.15) is 27.6 Å². The van der Waals surface area contributed by atoms with Gasteiger partial charge in [0.15, 0.2) is 5.43 Å². The third-order valence-electron chi connectivity index (χ3n) is 2.52. The number of rotatable bonds is 3. The van der Waals surface area contributed by atoms with Crippen LogP contribution < -0.4 is 10.7 Å². The van der Waals surface area contributed by atoms with Crippen LogP contribution in [0.25, 0.3) is 0 Å². The maximum atomic E-state index is 11.8. The van der Waals surface area contributed by atoms with E-state index in [4.69, 9.17) is 4.42 Å². The van der Waals surface area contributed by atoms with Crippen molar-refractivity contribution >= 4 is 5.91 Å². The molecular formula is C13H14N2O3. The van der Waals surface area contributed by atoms with Crippen molar-refractivity contribution < 1.29 is 9.21 Å². The molecule has 2 heterocycles. The molecule has 0 atom stereocenters. The summed E-state index contributed by atoms with van der Waals surface area (Å²) < 4.78 is 5.32. The minimum Gasteiger partial charge on any atom is -0.465 e. The summed E-state index contributed by atoms with van der Waals surface area (Å²) in [7, 11) is 0. The molecule has 0 saturated heterocycles. The van der Waals surface area contributed by atoms with Gasteiger partial charge in [-0.05, 0) is 26.0 Å². The monoisotopic (exact) mass is 246 g/mol. The fourth-order valence-corrected chi connectivity index (χ4v) is 1.59. The number of aryl methyl sites for hydroxylation is 2. The zero-order valence-electron chi connectivity index (χ0n) is 10.2. The summed E-state index contributed by atoms with van der Waals surface area (Å²) in [4.78, 5) is 26.2. The van der Waals surface area contributed by atoms with E-state index in [1.807, 2.05) is 13.0 Å². The van der Waals surface area contributed by atoms with Gasteiger partial charge >= 0.3 is 0 Å². The molecule has 2 aromatic rings. The Balaban J connectivity index is 2.06. The number of hydrogen-bond donors (Lipinski definition) is 2. The van der Waals surface area contributed by atoms with Crippen molar-refractivity contribution in [2.45, 2.75) is 20.4 Å². The number of aromatic amines is 1. The Kier molecular flexibility index (Phi) is 3.32. The number of hydrogen-bond acceptors (Lipinski definition) is 3. The molecule has 0 aliphatic heterocycles. The Morgan fingerprint density at radius 2 is 2.17 bits per heavy atom. The molecule has 0 bridgehead atoms. The Hall–Kier alpha value is -2.30. The highest BCUT2D eigenvalue weighted by Crippen LogP contribution is 2.05. The topological polar surface area (TPSA) is 75.1 Å². The van der Waals surface area contributed by atoms with Gasteiger partial charge < -0.3 is 14.7 Å². The second kappa shape index (κ2) is 4.91. The molecule has 94 valence electrons. The smallest absolute Gasteiger partial charge is 0.257 e. The van der Waals surface area contributed by atoms with E-state index in [0.29, 0.717) is 5.76 Å². The summed E-state index contributed by atoms with van der Waals surface area (Å²) in [6.07, 6.45) is 1.42. The Bertz CT molecular complexity index is 625. The Morgan fingerprint density at radius 3 is 2.78 bits per heavy atom. The molecule has 0 aliphatic carbocycles. The normalized spacial score (nSPS) is 10.3. The van der Waals surface area contributed by atoms with E-state index in [0.717, 1.165) is 11.5 Å². The maximum absolute atomic E-state index is 11.8. The van der Waals surface area contributed by atoms with Gasteiger partial charge in [-0.2, -0.15) is 0 Å². The fraction of sp³-hybridized carbons (Fsp3) is 0.231. The summed E-state index contributed by atoms with van der Waals surface area (Å²) in [6, 6.07) is 5.00. The van der Waals surface area contributed by atoms with Crippen LogP contribution in [-0.4, -0.2) is 10.9 Å². The van der Waals surface area contributed by atoms with Crippen LogP contribution in [0.4, 0.5) is 0 Å². The van der Waals surface area contributed by atoms with Gasteiger partial charge in [0.05, 0.1) is 6.54 Å². The molecule has 18 heavy (non-hydrogen) atoms. The summed E-state index contributed by atoms with van der Waals surface area (Å²) in [5, 5.41) is 2.64. The average Bonchev–Trinajstić information content (AvgIpc) is 2.72. The van der Waals surface area contributed by atoms with Gasteiger partial charge in [0.1, 0.15) is 17.1 Å². The van der Waals surface area contributed by atoms with Crippen molar-refractivity contribution in [1.82, 2.24) is 10.3 Å². The summed E-state index contributed by atoms with van der Waals surface area (Å²) in [5.41, 5.74) is 0.529. The molecule has 0 saturated carbocycles. The zero-order chi connectivity index (χ0) is 13.1. The van der Waals surface area contributed by atoms with Crippen LogP contribution in [0.3, 0.4) is 0 Å². The van der Waals surface area contributed by atoms with E-state index in [2.05, 4.69) is 10.3 Å². The Morgan fingerprint density at radius 1 is 1.39 bits per heavy atom. The standard InChI is InChI=1S/C13H14N2O3/c1-8-5-12(16)11(7-14-8)13(17)15-6-10-4-3-9(2)18-10/h3-5,7H,6H2,1-2H3,(H,14,16)(H,15,17). The fourth-order valence-electron chi connectivity index (χ4n) is 1.59. The first kappa shape index (κ1) is 12.2. The second-order valence-electron chi connectivity index (χ2n) is 4.09. The molecule has 0 aromatic carbocycles. The predicted octanol–water partition coefficient (Wildman–Crippen LogP) is 1.51. The Labute approximate surface area is 104 Å². The number of aromatic nitrogens is 1. The van der Waals surface area contributed by atoms with E-state index in [1.165, 1.54) is 12.3 Å². The number of H-pyrrole nitrogens is 1. The van der Waals surface area contributed by atoms with E-state index >= 15 is 0 Å². The number of nitrogens with one attached hydrogen (secondary N) is 2. The van der Waals surface area contributed by atoms with Crippen molar-refractivity contribution in [2.24, 2.45) is 0 Å². The summed E-state index contributed by atoms with van der Waals surface area (Å²) >= 11 is 0. The molecule has 0 spiro atoms. The van der Waals surface area contributed by atoms with Gasteiger partial charge in [0, 0.05) is 18.0 Å². The van der Waals surface area contributed by atoms with Gasteiger partial charge in [-0.1, -0.05) is 0 Å². The van der Waals surface area contributed by atoms with Crippen LogP contribution in [0, 0.1) is 13.8 Å². The highest BCUT2D eigenvalue weighted by molar-refractivity contribution is 5.93. The molecule has 0 fully saturated rings. The molecule has 2 rings (SSSR count). The number of amides is 1. The third-order valence-corrected chi connectivity index (χ3v) is 2.52. The lowest BCUT2D eigenvalue weighted by Gasteiger charge is -2.03. The molecule has 0 aliphatic rings. The second-order valence-corrected chi connectivity index (χ2v) is 4.09. The van der Waals surface area contributed by atoms with Gasteiger partial charge in [0.2, 0.25) is 0 Å². The van der Waals surface area contributed by atoms with Crippen LogP contribution in [0.15, 0.2) is 33.6 Å². The molecule has 5 heteroatoms. The van der Waals surface area contributed by atoms with E-state index in [-0.39, 0.29) is 17.5 Å². The van der Waals surface area contributed by atoms with Crippen LogP contribution in [-0.2, 0) is 6.54 Å². The number of carbonyl (C=O) groups excluding carboxylic acids is 1. The van der Waals surface area contributed by atoms with Crippen molar-refractivity contribution in [3.8, 4) is 0 Å². The molecule has 0 radical (unpaired) electrons. The first-order valence-electron chi connectivity index (χ1n) is 5.59. The van der Waals surface area contributed by atoms with Crippen LogP contribution in [0.2, 0.25) is 0 Å². The molecule has 5 nitrogen and oxygen atoms in total. The van der Waals surface area contributed by atoms with Gasteiger partial charge in [0.25, 0.3) is 5.91 Å². The van der Waals surface area contributed by atoms with Gasteiger partial charge in [-0.15, -0.1) is 0 Å². The predicted molar refractivity (Wildman–Crippen MR) is 66.4 cm³/mol. The van der Waals surface area contributed by atoms with Crippen molar-refractivity contribution in [3.63, 3.8) is 0 Å². The summed E-state index contributed by atoms with van der Waals surface area (Å²) in [5.74, 6) is 1.03. The lowest BCUT2D eigenvalue weighted by atomic mass is 10.2. The van der Waals surface area contributed by atoms with Crippen molar-refractivity contribution in [3.05, 3.63) is 57.4 Å². The minimum atomic E-state index is -0.412. The third kappa shape index (κ3) is 2.68. The van der Waals surface area contributed by atoms with Crippen molar-refractivity contribution in [2.75, 3.05) is 0 Å². The quantitative estimate of drug-likeness (QED) is 0.862. The van der Waals surface area contributed by atoms with E-state index < -0.39 is 5.91 Å². The highest BCUT2D eigenvalue weighted by atomic mass is 16.3.